The summed E-state index contributed by atoms with van der Waals surface area (Å²) >= 11 is 1.17. The highest BCUT2D eigenvalue weighted by molar-refractivity contribution is 7.21. The van der Waals surface area contributed by atoms with E-state index in [1.165, 1.54) is 18.4 Å². The predicted molar refractivity (Wildman–Crippen MR) is 78.4 cm³/mol. The molecule has 0 amide bonds. The summed E-state index contributed by atoms with van der Waals surface area (Å²) in [5.41, 5.74) is 6.71. The molecule has 2 N–H and O–H groups in total. The number of methoxy groups -OCH3 is 2. The Morgan fingerprint density at radius 3 is 2.75 bits per heavy atom. The lowest BCUT2D eigenvalue weighted by Gasteiger charge is -2.09. The Kier molecular flexibility index (Phi) is 4.10. The van der Waals surface area contributed by atoms with Gasteiger partial charge >= 0.3 is 5.97 Å². The highest BCUT2D eigenvalue weighted by Gasteiger charge is 2.20. The van der Waals surface area contributed by atoms with Crippen molar-refractivity contribution in [2.45, 2.75) is 13.5 Å². The first-order chi connectivity index (χ1) is 9.51. The molecular formula is C13H16N2O4S. The molecule has 0 aliphatic heterocycles. The van der Waals surface area contributed by atoms with E-state index in [1.54, 1.807) is 11.7 Å². The number of fused-ring (bicyclic) bond motifs is 1. The maximum absolute atomic E-state index is 12.5. The van der Waals surface area contributed by atoms with Crippen LogP contribution in [0.1, 0.15) is 15.4 Å². The topological polar surface area (TPSA) is 83.6 Å². The van der Waals surface area contributed by atoms with Crippen LogP contribution in [0, 0.1) is 6.92 Å². The van der Waals surface area contributed by atoms with Gasteiger partial charge in [-0.15, -0.1) is 11.3 Å². The zero-order valence-electron chi connectivity index (χ0n) is 11.6. The molecule has 0 atom stereocenters. The quantitative estimate of drug-likeness (QED) is 0.862. The van der Waals surface area contributed by atoms with Crippen LogP contribution in [0.2, 0.25) is 0 Å². The van der Waals surface area contributed by atoms with Gasteiger partial charge in [-0.25, -0.2) is 4.79 Å². The van der Waals surface area contributed by atoms with Crippen molar-refractivity contribution >= 4 is 33.1 Å². The number of ether oxygens (including phenoxy) is 2. The number of rotatable bonds is 4. The van der Waals surface area contributed by atoms with Crippen molar-refractivity contribution < 1.29 is 14.3 Å². The molecule has 0 radical (unpaired) electrons. The lowest BCUT2D eigenvalue weighted by atomic mass is 10.2. The SMILES string of the molecule is COCCn1c(C)cc2sc(C(=O)OC)c(N)c2c1=O. The average Bonchev–Trinajstić information content (AvgIpc) is 2.74. The van der Waals surface area contributed by atoms with Gasteiger partial charge in [-0.2, -0.15) is 0 Å². The van der Waals surface area contributed by atoms with E-state index in [1.807, 2.05) is 13.0 Å². The second-order valence-corrected chi connectivity index (χ2v) is 5.36. The molecule has 6 nitrogen and oxygen atoms in total. The molecule has 0 unspecified atom stereocenters. The molecule has 0 saturated heterocycles. The van der Waals surface area contributed by atoms with Gasteiger partial charge in [0, 0.05) is 24.0 Å². The Balaban J connectivity index is 2.68. The number of anilines is 1. The van der Waals surface area contributed by atoms with Gasteiger partial charge in [0.25, 0.3) is 5.56 Å². The number of carbonyl (C=O) groups is 1. The number of carbonyl (C=O) groups excluding carboxylic acids is 1. The van der Waals surface area contributed by atoms with Gasteiger partial charge in [0.1, 0.15) is 4.88 Å². The third-order valence-corrected chi connectivity index (χ3v) is 4.22. The van der Waals surface area contributed by atoms with Gasteiger partial charge in [0.2, 0.25) is 0 Å². The lowest BCUT2D eigenvalue weighted by molar-refractivity contribution is 0.0607. The van der Waals surface area contributed by atoms with Crippen LogP contribution in [-0.2, 0) is 16.0 Å². The fourth-order valence-corrected chi connectivity index (χ4v) is 3.18. The second kappa shape index (κ2) is 5.64. The number of nitrogens with zero attached hydrogens (tertiary/aromatic N) is 1. The second-order valence-electron chi connectivity index (χ2n) is 4.31. The van der Waals surface area contributed by atoms with Crippen LogP contribution < -0.4 is 11.3 Å². The van der Waals surface area contributed by atoms with E-state index in [0.29, 0.717) is 23.2 Å². The van der Waals surface area contributed by atoms with Crippen LogP contribution in [0.3, 0.4) is 0 Å². The average molecular weight is 296 g/mol. The molecule has 0 aliphatic rings. The fraction of sp³-hybridized carbons (Fsp3) is 0.385. The molecule has 0 saturated carbocycles. The van der Waals surface area contributed by atoms with Crippen molar-refractivity contribution in [3.8, 4) is 0 Å². The van der Waals surface area contributed by atoms with E-state index in [9.17, 15) is 9.59 Å². The fourth-order valence-electron chi connectivity index (χ4n) is 2.05. The van der Waals surface area contributed by atoms with Crippen LogP contribution in [0.15, 0.2) is 10.9 Å². The van der Waals surface area contributed by atoms with Gasteiger partial charge in [0.05, 0.1) is 24.8 Å². The van der Waals surface area contributed by atoms with E-state index in [-0.39, 0.29) is 16.1 Å². The summed E-state index contributed by atoms with van der Waals surface area (Å²) in [6.07, 6.45) is 0. The van der Waals surface area contributed by atoms with Crippen molar-refractivity contribution in [3.05, 3.63) is 27.0 Å². The first-order valence-electron chi connectivity index (χ1n) is 6.01. The smallest absolute Gasteiger partial charge is 0.350 e. The van der Waals surface area contributed by atoms with Crippen LogP contribution in [-0.4, -0.2) is 31.4 Å². The van der Waals surface area contributed by atoms with Crippen molar-refractivity contribution in [1.82, 2.24) is 4.57 Å². The summed E-state index contributed by atoms with van der Waals surface area (Å²) in [5.74, 6) is -0.524. The summed E-state index contributed by atoms with van der Waals surface area (Å²) in [5, 5.41) is 0.372. The molecule has 108 valence electrons. The van der Waals surface area contributed by atoms with E-state index in [2.05, 4.69) is 4.74 Å². The van der Waals surface area contributed by atoms with E-state index >= 15 is 0 Å². The predicted octanol–water partition coefficient (Wildman–Crippen LogP) is 1.39. The molecule has 0 aromatic carbocycles. The highest BCUT2D eigenvalue weighted by Crippen LogP contribution is 2.32. The van der Waals surface area contributed by atoms with Crippen molar-refractivity contribution in [3.63, 3.8) is 0 Å². The van der Waals surface area contributed by atoms with E-state index in [0.717, 1.165) is 5.69 Å². The van der Waals surface area contributed by atoms with Crippen molar-refractivity contribution in [1.29, 1.82) is 0 Å². The third-order valence-electron chi connectivity index (χ3n) is 3.09. The molecule has 2 rings (SSSR count). The number of hydrogen-bond donors (Lipinski definition) is 1. The monoisotopic (exact) mass is 296 g/mol. The molecule has 2 aromatic heterocycles. The Bertz CT molecular complexity index is 717. The Morgan fingerprint density at radius 1 is 1.45 bits per heavy atom. The van der Waals surface area contributed by atoms with E-state index < -0.39 is 5.97 Å². The molecule has 7 heteroatoms. The molecule has 0 spiro atoms. The standard InChI is InChI=1S/C13H16N2O4S/c1-7-6-8-9(12(16)15(7)4-5-18-2)10(14)11(20-8)13(17)19-3/h6H,4-5,14H2,1-3H3. The number of aromatic nitrogens is 1. The maximum atomic E-state index is 12.5. The minimum Gasteiger partial charge on any atom is -0.465 e. The molecule has 2 aromatic rings. The summed E-state index contributed by atoms with van der Waals surface area (Å²) in [4.78, 5) is 24.4. The number of nitrogen functional groups attached to an aromatic ring is 1. The summed E-state index contributed by atoms with van der Waals surface area (Å²) in [6, 6.07) is 1.85. The molecule has 0 bridgehead atoms. The van der Waals surface area contributed by atoms with Crippen LogP contribution in [0.4, 0.5) is 5.69 Å². The van der Waals surface area contributed by atoms with E-state index in [4.69, 9.17) is 10.5 Å². The molecule has 0 fully saturated rings. The molecule has 0 aliphatic carbocycles. The van der Waals surface area contributed by atoms with Crippen LogP contribution in [0.5, 0.6) is 0 Å². The Labute approximate surface area is 119 Å². The third kappa shape index (κ3) is 2.30. The largest absolute Gasteiger partial charge is 0.465 e. The summed E-state index contributed by atoms with van der Waals surface area (Å²) < 4.78 is 12.0. The van der Waals surface area contributed by atoms with Crippen LogP contribution in [0.25, 0.3) is 10.1 Å². The zero-order valence-corrected chi connectivity index (χ0v) is 12.4. The number of aryl methyl sites for hydroxylation is 1. The molecule has 2 heterocycles. The van der Waals surface area contributed by atoms with Gasteiger partial charge in [-0.05, 0) is 13.0 Å². The van der Waals surface area contributed by atoms with Crippen LogP contribution >= 0.6 is 11.3 Å². The minimum atomic E-state index is -0.524. The first kappa shape index (κ1) is 14.5. The van der Waals surface area contributed by atoms with Gasteiger partial charge in [-0.3, -0.25) is 4.79 Å². The first-order valence-corrected chi connectivity index (χ1v) is 6.82. The number of pyridine rings is 1. The zero-order chi connectivity index (χ0) is 14.9. The molecular weight excluding hydrogens is 280 g/mol. The Hall–Kier alpha value is -1.86. The Morgan fingerprint density at radius 2 is 2.15 bits per heavy atom. The highest BCUT2D eigenvalue weighted by atomic mass is 32.1. The van der Waals surface area contributed by atoms with Crippen molar-refractivity contribution in [2.75, 3.05) is 26.6 Å². The van der Waals surface area contributed by atoms with Crippen molar-refractivity contribution in [2.24, 2.45) is 0 Å². The number of hydrogen-bond acceptors (Lipinski definition) is 6. The number of esters is 1. The lowest BCUT2D eigenvalue weighted by Crippen LogP contribution is -2.24. The van der Waals surface area contributed by atoms with Gasteiger partial charge < -0.3 is 19.8 Å². The normalized spacial score (nSPS) is 10.9. The molecule has 20 heavy (non-hydrogen) atoms. The maximum Gasteiger partial charge on any atom is 0.350 e. The summed E-state index contributed by atoms with van der Waals surface area (Å²) in [6.45, 7) is 2.71. The number of nitrogens with two attached hydrogens (primary N) is 1. The van der Waals surface area contributed by atoms with Gasteiger partial charge in [-0.1, -0.05) is 0 Å². The van der Waals surface area contributed by atoms with Gasteiger partial charge in [0.15, 0.2) is 0 Å². The number of thiophene rings is 1. The minimum absolute atomic E-state index is 0.188. The summed E-state index contributed by atoms with van der Waals surface area (Å²) in [7, 11) is 2.86.